The largest absolute Gasteiger partial charge is 0.206 e. The van der Waals surface area contributed by atoms with Crippen LogP contribution in [-0.2, 0) is 0 Å². The number of hydrogen-bond donors (Lipinski definition) is 0. The van der Waals surface area contributed by atoms with Gasteiger partial charge in [-0.2, -0.15) is 5.26 Å². The molecule has 2 aromatic carbocycles. The Balaban J connectivity index is 1.20. The lowest BCUT2D eigenvalue weighted by Crippen LogP contribution is -2.23. The van der Waals surface area contributed by atoms with Crippen molar-refractivity contribution in [3.05, 3.63) is 88.5 Å². The molecule has 2 fully saturated rings. The fourth-order valence-corrected chi connectivity index (χ4v) is 7.19. The topological polar surface area (TPSA) is 23.8 Å². The summed E-state index contributed by atoms with van der Waals surface area (Å²) in [7, 11) is 0. The van der Waals surface area contributed by atoms with Crippen molar-refractivity contribution in [2.75, 3.05) is 0 Å². The van der Waals surface area contributed by atoms with Gasteiger partial charge >= 0.3 is 0 Å². The van der Waals surface area contributed by atoms with E-state index in [-0.39, 0.29) is 17.4 Å². The number of hydrogen-bond acceptors (Lipinski definition) is 1. The van der Waals surface area contributed by atoms with Crippen molar-refractivity contribution in [1.29, 1.82) is 5.26 Å². The van der Waals surface area contributed by atoms with Crippen molar-refractivity contribution in [1.82, 2.24) is 0 Å². The molecule has 3 aliphatic rings. The van der Waals surface area contributed by atoms with Crippen molar-refractivity contribution in [3.63, 3.8) is 0 Å². The van der Waals surface area contributed by atoms with Crippen LogP contribution in [0.1, 0.15) is 105 Å². The highest BCUT2D eigenvalue weighted by molar-refractivity contribution is 5.67. The first-order valence-electron chi connectivity index (χ1n) is 14.1. The van der Waals surface area contributed by atoms with Gasteiger partial charge in [0.2, 0.25) is 0 Å². The van der Waals surface area contributed by atoms with Crippen LogP contribution in [0.5, 0.6) is 0 Å². The van der Waals surface area contributed by atoms with Crippen LogP contribution in [0, 0.1) is 52.4 Å². The van der Waals surface area contributed by atoms with E-state index in [0.29, 0.717) is 29.7 Å². The average molecular weight is 522 g/mol. The normalized spacial score (nSPS) is 27.9. The van der Waals surface area contributed by atoms with Crippen LogP contribution in [0.2, 0.25) is 0 Å². The van der Waals surface area contributed by atoms with E-state index in [0.717, 1.165) is 75.3 Å². The molecule has 0 bridgehead atoms. The predicted octanol–water partition coefficient (Wildman–Crippen LogP) is 9.73. The lowest BCUT2D eigenvalue weighted by molar-refractivity contribution is 0.220. The van der Waals surface area contributed by atoms with E-state index in [9.17, 15) is 8.78 Å². The van der Waals surface area contributed by atoms with Gasteiger partial charge in [0.05, 0.1) is 0 Å². The Bertz CT molecular complexity index is 1210. The molecule has 1 unspecified atom stereocenters. The molecule has 2 aromatic rings. The highest BCUT2D eigenvalue weighted by Crippen LogP contribution is 2.45. The van der Waals surface area contributed by atoms with E-state index < -0.39 is 28.8 Å². The first-order valence-corrected chi connectivity index (χ1v) is 14.1. The summed E-state index contributed by atoms with van der Waals surface area (Å²) in [5.41, 5.74) is 1.80. The lowest BCUT2D eigenvalue weighted by Gasteiger charge is -2.36. The first kappa shape index (κ1) is 26.7. The summed E-state index contributed by atoms with van der Waals surface area (Å²) in [6.07, 6.45) is 13.9. The molecule has 3 aliphatic carbocycles. The van der Waals surface area contributed by atoms with Crippen LogP contribution in [0.4, 0.5) is 17.6 Å². The molecule has 200 valence electrons. The molecule has 1 atom stereocenters. The summed E-state index contributed by atoms with van der Waals surface area (Å²) in [4.78, 5) is 0. The van der Waals surface area contributed by atoms with Gasteiger partial charge < -0.3 is 0 Å². The van der Waals surface area contributed by atoms with Crippen molar-refractivity contribution < 1.29 is 17.6 Å². The third-order valence-electron chi connectivity index (χ3n) is 9.50. The van der Waals surface area contributed by atoms with Gasteiger partial charge in [0, 0.05) is 5.56 Å². The van der Waals surface area contributed by atoms with E-state index in [1.165, 1.54) is 12.1 Å². The van der Waals surface area contributed by atoms with Gasteiger partial charge in [-0.05, 0) is 141 Å². The SMILES string of the molecule is C=CC1CCC(c2cc(F)c(C3=CCC(C4CCC(c5cc(F)c(C#N)c(F)c5)CC4)CC3)c(F)c2)CC1. The molecule has 0 amide bonds. The quantitative estimate of drug-likeness (QED) is 0.284. The molecule has 5 heteroatoms. The molecule has 0 spiro atoms. The van der Waals surface area contributed by atoms with Crippen LogP contribution >= 0.6 is 0 Å². The lowest BCUT2D eigenvalue weighted by atomic mass is 9.70. The van der Waals surface area contributed by atoms with Crippen molar-refractivity contribution in [2.45, 2.75) is 82.5 Å². The number of benzene rings is 2. The molecule has 38 heavy (non-hydrogen) atoms. The number of nitrogens with zero attached hydrogens (tertiary/aromatic N) is 1. The van der Waals surface area contributed by atoms with E-state index in [4.69, 9.17) is 5.26 Å². The third-order valence-corrected chi connectivity index (χ3v) is 9.50. The van der Waals surface area contributed by atoms with Gasteiger partial charge in [-0.3, -0.25) is 0 Å². The van der Waals surface area contributed by atoms with Crippen LogP contribution in [0.25, 0.3) is 5.57 Å². The van der Waals surface area contributed by atoms with E-state index in [1.807, 2.05) is 12.2 Å². The second-order valence-electron chi connectivity index (χ2n) is 11.6. The van der Waals surface area contributed by atoms with E-state index in [2.05, 4.69) is 6.58 Å². The standard InChI is InChI=1S/C33H35F4N/c1-2-20-3-5-23(6-4-20)27-17-31(36)33(32(37)18-27)25-13-11-22(12-14-25)21-7-9-24(10-8-21)26-15-29(34)28(19-38)30(35)16-26/h2,13,15-18,20-24H,1,3-12,14H2. The number of rotatable bonds is 5. The monoisotopic (exact) mass is 521 g/mol. The number of nitriles is 1. The van der Waals surface area contributed by atoms with Crippen molar-refractivity contribution >= 4 is 5.57 Å². The predicted molar refractivity (Wildman–Crippen MR) is 142 cm³/mol. The van der Waals surface area contributed by atoms with Crippen molar-refractivity contribution in [3.8, 4) is 6.07 Å². The zero-order valence-electron chi connectivity index (χ0n) is 21.8. The molecular weight excluding hydrogens is 486 g/mol. The Kier molecular flexibility index (Phi) is 8.07. The minimum atomic E-state index is -0.790. The summed E-state index contributed by atoms with van der Waals surface area (Å²) in [6.45, 7) is 3.88. The molecule has 0 aromatic heterocycles. The molecular formula is C33H35F4N. The van der Waals surface area contributed by atoms with E-state index >= 15 is 8.78 Å². The third kappa shape index (κ3) is 5.46. The molecule has 0 radical (unpaired) electrons. The fourth-order valence-electron chi connectivity index (χ4n) is 7.19. The summed E-state index contributed by atoms with van der Waals surface area (Å²) < 4.78 is 58.5. The second kappa shape index (κ2) is 11.5. The Labute approximate surface area is 223 Å². The molecule has 1 nitrogen and oxygen atoms in total. The highest BCUT2D eigenvalue weighted by Gasteiger charge is 2.31. The van der Waals surface area contributed by atoms with Gasteiger partial charge in [-0.15, -0.1) is 6.58 Å². The fraction of sp³-hybridized carbons (Fsp3) is 0.485. The summed E-state index contributed by atoms with van der Waals surface area (Å²) >= 11 is 0. The van der Waals surface area contributed by atoms with E-state index in [1.54, 1.807) is 18.2 Å². The van der Waals surface area contributed by atoms with Gasteiger partial charge in [0.25, 0.3) is 0 Å². The Hall–Kier alpha value is -2.87. The Morgan fingerprint density at radius 3 is 1.71 bits per heavy atom. The molecule has 5 rings (SSSR count). The summed E-state index contributed by atoms with van der Waals surface area (Å²) in [5.74, 6) is -0.704. The van der Waals surface area contributed by atoms with Crippen molar-refractivity contribution in [2.24, 2.45) is 17.8 Å². The Morgan fingerprint density at radius 1 is 0.711 bits per heavy atom. The first-order chi connectivity index (χ1) is 18.4. The number of allylic oxidation sites excluding steroid dienone is 3. The molecule has 0 aliphatic heterocycles. The van der Waals surface area contributed by atoms with Crippen LogP contribution in [-0.4, -0.2) is 0 Å². The molecule has 0 heterocycles. The molecule has 0 saturated heterocycles. The zero-order chi connectivity index (χ0) is 26.8. The molecule has 0 N–H and O–H groups in total. The Morgan fingerprint density at radius 2 is 1.24 bits per heavy atom. The maximum absolute atomic E-state index is 15.2. The minimum Gasteiger partial charge on any atom is -0.206 e. The summed E-state index contributed by atoms with van der Waals surface area (Å²) in [5, 5.41) is 8.90. The van der Waals surface area contributed by atoms with Crippen LogP contribution < -0.4 is 0 Å². The van der Waals surface area contributed by atoms with Crippen LogP contribution in [0.3, 0.4) is 0 Å². The smallest absolute Gasteiger partial charge is 0.144 e. The van der Waals surface area contributed by atoms with Gasteiger partial charge in [0.15, 0.2) is 0 Å². The highest BCUT2D eigenvalue weighted by atomic mass is 19.1. The average Bonchev–Trinajstić information content (AvgIpc) is 2.93. The summed E-state index contributed by atoms with van der Waals surface area (Å²) in [6, 6.07) is 7.31. The number of halogens is 4. The van der Waals surface area contributed by atoms with Gasteiger partial charge in [0.1, 0.15) is 34.9 Å². The van der Waals surface area contributed by atoms with Crippen LogP contribution in [0.15, 0.2) is 43.0 Å². The second-order valence-corrected chi connectivity index (χ2v) is 11.6. The molecule has 2 saturated carbocycles. The van der Waals surface area contributed by atoms with Gasteiger partial charge in [-0.25, -0.2) is 17.6 Å². The zero-order valence-corrected chi connectivity index (χ0v) is 21.8. The minimum absolute atomic E-state index is 0.0891. The maximum atomic E-state index is 15.2. The van der Waals surface area contributed by atoms with Gasteiger partial charge in [-0.1, -0.05) is 12.2 Å². The maximum Gasteiger partial charge on any atom is 0.144 e.